The largest absolute Gasteiger partial charge is 5.00 e. The van der Waals surface area contributed by atoms with Crippen LogP contribution in [0, 0.1) is 0 Å². The van der Waals surface area contributed by atoms with Crippen LogP contribution in [0.25, 0.3) is 0 Å². The average molecular weight is 218 g/mol. The molecule has 0 aromatic rings. The Labute approximate surface area is 84.3 Å². The van der Waals surface area contributed by atoms with E-state index in [0.717, 1.165) is 0 Å². The summed E-state index contributed by atoms with van der Waals surface area (Å²) in [6.07, 6.45) is 0. The first-order valence-corrected chi connectivity index (χ1v) is 0. The fraction of sp³-hybridized carbons (Fsp3) is 0. The molecule has 8 heavy (non-hydrogen) atoms. The number of hydrogen-bond acceptors (Lipinski definition) is 6. The van der Waals surface area contributed by atoms with E-state index in [1.165, 1.54) is 0 Å². The maximum absolute atomic E-state index is 0. The average Bonchev–Trinajstić information content (AvgIpc) is 0. The molecule has 0 saturated carbocycles. The molecule has 48 valence electrons. The molecule has 0 rings (SSSR count). The van der Waals surface area contributed by atoms with Crippen molar-refractivity contribution in [3.63, 3.8) is 0 Å². The predicted octanol–water partition coefficient (Wildman–Crippen LogP) is -4.06. The third kappa shape index (κ3) is 141. The summed E-state index contributed by atoms with van der Waals surface area (Å²) in [5.41, 5.74) is 0. The molecule has 0 aliphatic heterocycles. The molecule has 0 amide bonds. The maximum atomic E-state index is 0. The van der Waals surface area contributed by atoms with Crippen LogP contribution < -0.4 is 29.6 Å². The zero-order valence-corrected chi connectivity index (χ0v) is 8.33. The Morgan fingerprint density at radius 2 is 0.375 bits per heavy atom. The summed E-state index contributed by atoms with van der Waals surface area (Å²) in [6, 6.07) is 0. The van der Waals surface area contributed by atoms with Gasteiger partial charge >= 0.3 is 51.9 Å². The second-order valence-electron chi connectivity index (χ2n) is 0. The van der Waals surface area contributed by atoms with Gasteiger partial charge in [-0.05, 0) is 0 Å². The van der Waals surface area contributed by atoms with E-state index in [1.54, 1.807) is 0 Å². The molecule has 0 saturated heterocycles. The molecule has 0 aliphatic carbocycles. The van der Waals surface area contributed by atoms with Crippen molar-refractivity contribution in [1.82, 2.24) is 0 Å². The van der Waals surface area contributed by atoms with Gasteiger partial charge in [-0.2, -0.15) is 0 Å². The van der Waals surface area contributed by atoms with Gasteiger partial charge in [-0.25, -0.2) is 0 Å². The van der Waals surface area contributed by atoms with Crippen LogP contribution >= 0.6 is 0 Å². The Kier molecular flexibility index (Phi) is 8100. The minimum atomic E-state index is 0. The van der Waals surface area contributed by atoms with E-state index >= 15 is 0 Å². The standard InChI is InChI=1S/Na.Nb.6H2O/h;;6*1H2/q+1;+5;;;;;;/p-6. The van der Waals surface area contributed by atoms with Crippen molar-refractivity contribution in [2.24, 2.45) is 0 Å². The van der Waals surface area contributed by atoms with Gasteiger partial charge in [0.2, 0.25) is 0 Å². The van der Waals surface area contributed by atoms with E-state index in [0.29, 0.717) is 0 Å². The fourth-order valence-electron chi connectivity index (χ4n) is 0. The molecule has 6 nitrogen and oxygen atoms in total. The quantitative estimate of drug-likeness (QED) is 0.372. The van der Waals surface area contributed by atoms with E-state index in [1.807, 2.05) is 0 Å². The summed E-state index contributed by atoms with van der Waals surface area (Å²) < 4.78 is 0. The minimum absolute atomic E-state index is 0. The summed E-state index contributed by atoms with van der Waals surface area (Å²) in [5, 5.41) is 0. The van der Waals surface area contributed by atoms with Gasteiger partial charge in [0.1, 0.15) is 0 Å². The molecule has 0 spiro atoms. The van der Waals surface area contributed by atoms with Crippen LogP contribution in [-0.4, -0.2) is 32.9 Å². The van der Waals surface area contributed by atoms with Crippen molar-refractivity contribution in [3.05, 3.63) is 0 Å². The van der Waals surface area contributed by atoms with Crippen molar-refractivity contribution < 1.29 is 84.8 Å². The summed E-state index contributed by atoms with van der Waals surface area (Å²) >= 11 is 0. The van der Waals surface area contributed by atoms with Crippen LogP contribution in [0.3, 0.4) is 0 Å². The molecular formula is H6NaNbO6. The molecule has 0 bridgehead atoms. The van der Waals surface area contributed by atoms with Gasteiger partial charge in [-0.15, -0.1) is 0 Å². The van der Waals surface area contributed by atoms with Crippen molar-refractivity contribution in [1.29, 1.82) is 0 Å². The van der Waals surface area contributed by atoms with Crippen LogP contribution in [0.1, 0.15) is 0 Å². The zero-order chi connectivity index (χ0) is 0. The maximum Gasteiger partial charge on any atom is 5.00 e. The molecule has 0 atom stereocenters. The molecule has 0 unspecified atom stereocenters. The second-order valence-corrected chi connectivity index (χ2v) is 0. The van der Waals surface area contributed by atoms with E-state index in [-0.39, 0.29) is 84.8 Å². The van der Waals surface area contributed by atoms with E-state index in [4.69, 9.17) is 0 Å². The Bertz CT molecular complexity index is 8.49. The third-order valence-corrected chi connectivity index (χ3v) is 0. The Balaban J connectivity index is 0. The third-order valence-electron chi connectivity index (χ3n) is 0. The first kappa shape index (κ1) is 305. The topological polar surface area (TPSA) is 180 Å². The molecule has 0 aliphatic rings. The molecule has 0 aromatic carbocycles. The zero-order valence-electron chi connectivity index (χ0n) is 4.13. The minimum Gasteiger partial charge on any atom is -0.870 e. The summed E-state index contributed by atoms with van der Waals surface area (Å²) in [4.78, 5) is 0. The van der Waals surface area contributed by atoms with Gasteiger partial charge in [-0.3, -0.25) is 0 Å². The van der Waals surface area contributed by atoms with E-state index < -0.39 is 0 Å². The fourth-order valence-corrected chi connectivity index (χ4v) is 0. The van der Waals surface area contributed by atoms with Crippen LogP contribution in [-0.2, 0) is 22.4 Å². The summed E-state index contributed by atoms with van der Waals surface area (Å²) in [5.74, 6) is 0. The Morgan fingerprint density at radius 3 is 0.375 bits per heavy atom. The molecule has 0 heterocycles. The molecule has 6 N–H and O–H groups in total. The second kappa shape index (κ2) is 212. The van der Waals surface area contributed by atoms with Crippen molar-refractivity contribution in [2.45, 2.75) is 0 Å². The smallest absolute Gasteiger partial charge is 0.870 e. The van der Waals surface area contributed by atoms with Crippen molar-refractivity contribution in [3.8, 4) is 0 Å². The van der Waals surface area contributed by atoms with Gasteiger partial charge in [-0.1, -0.05) is 0 Å². The van der Waals surface area contributed by atoms with Crippen molar-refractivity contribution >= 4 is 0 Å². The van der Waals surface area contributed by atoms with Crippen LogP contribution in [0.5, 0.6) is 0 Å². The van der Waals surface area contributed by atoms with Crippen molar-refractivity contribution in [2.75, 3.05) is 0 Å². The van der Waals surface area contributed by atoms with Crippen LogP contribution in [0.4, 0.5) is 0 Å². The predicted molar refractivity (Wildman–Crippen MR) is 11.6 cm³/mol. The Hall–Kier alpha value is 1.50. The van der Waals surface area contributed by atoms with Gasteiger partial charge < -0.3 is 32.9 Å². The monoisotopic (exact) mass is 218 g/mol. The van der Waals surface area contributed by atoms with Gasteiger partial charge in [0.05, 0.1) is 0 Å². The first-order chi connectivity index (χ1) is 0. The van der Waals surface area contributed by atoms with Crippen LogP contribution in [0.15, 0.2) is 0 Å². The summed E-state index contributed by atoms with van der Waals surface area (Å²) in [7, 11) is 0. The molecular weight excluding hydrogens is 212 g/mol. The van der Waals surface area contributed by atoms with Gasteiger partial charge in [0.25, 0.3) is 0 Å². The Morgan fingerprint density at radius 1 is 0.375 bits per heavy atom. The van der Waals surface area contributed by atoms with Crippen LogP contribution in [0.2, 0.25) is 0 Å². The molecule has 0 fully saturated rings. The van der Waals surface area contributed by atoms with Gasteiger partial charge in [0.15, 0.2) is 0 Å². The first-order valence-electron chi connectivity index (χ1n) is 0. The SMILES string of the molecule is [Na+].[Nb+5].[OH-].[OH-].[OH-].[OH-].[OH-].[OH-]. The van der Waals surface area contributed by atoms with Gasteiger partial charge in [0, 0.05) is 0 Å². The van der Waals surface area contributed by atoms with E-state index in [9.17, 15) is 0 Å². The number of hydrogen-bond donors (Lipinski definition) is 0. The molecule has 8 heteroatoms. The molecule has 0 radical (unpaired) electrons. The normalized spacial score (nSPS) is 0. The number of rotatable bonds is 0. The molecule has 0 aromatic heterocycles. The van der Waals surface area contributed by atoms with E-state index in [2.05, 4.69) is 0 Å². The summed E-state index contributed by atoms with van der Waals surface area (Å²) in [6.45, 7) is 0.